The molecule has 0 bridgehead atoms. The van der Waals surface area contributed by atoms with Crippen LogP contribution in [0.15, 0.2) is 30.3 Å². The van der Waals surface area contributed by atoms with Gasteiger partial charge in [-0.05, 0) is 5.56 Å². The first kappa shape index (κ1) is 14.5. The highest BCUT2D eigenvalue weighted by Gasteiger charge is 2.32. The lowest BCUT2D eigenvalue weighted by atomic mass is 10.2. The summed E-state index contributed by atoms with van der Waals surface area (Å²) in [7, 11) is -3.45. The van der Waals surface area contributed by atoms with Gasteiger partial charge in [-0.3, -0.25) is 4.18 Å². The highest BCUT2D eigenvalue weighted by molar-refractivity contribution is 7.86. The normalized spacial score (nSPS) is 23.6. The molecule has 2 atom stereocenters. The summed E-state index contributed by atoms with van der Waals surface area (Å²) in [4.78, 5) is 0. The van der Waals surface area contributed by atoms with Crippen molar-refractivity contribution in [2.75, 3.05) is 19.5 Å². The maximum atomic E-state index is 11.1. The fraction of sp³-hybridized carbons (Fsp3) is 0.538. The summed E-state index contributed by atoms with van der Waals surface area (Å²) in [6.45, 7) is 1.31. The van der Waals surface area contributed by atoms with E-state index < -0.39 is 16.2 Å². The van der Waals surface area contributed by atoms with Crippen LogP contribution in [0.3, 0.4) is 0 Å². The molecule has 0 radical (unpaired) electrons. The highest BCUT2D eigenvalue weighted by Crippen LogP contribution is 2.19. The molecule has 1 aromatic carbocycles. The zero-order chi connectivity index (χ0) is 13.7. The SMILES string of the molecule is CS(=O)(=O)OC1CCOC1COCc1ccccc1. The lowest BCUT2D eigenvalue weighted by molar-refractivity contribution is -0.0209. The molecule has 5 nitrogen and oxygen atoms in total. The molecule has 0 N–H and O–H groups in total. The molecular formula is C13H18O5S. The van der Waals surface area contributed by atoms with Crippen molar-refractivity contribution < 1.29 is 22.1 Å². The number of ether oxygens (including phenoxy) is 2. The monoisotopic (exact) mass is 286 g/mol. The summed E-state index contributed by atoms with van der Waals surface area (Å²) >= 11 is 0. The Hall–Kier alpha value is -0.950. The molecule has 1 saturated heterocycles. The summed E-state index contributed by atoms with van der Waals surface area (Å²) in [6, 6.07) is 9.78. The first-order chi connectivity index (χ1) is 9.04. The molecule has 1 aliphatic rings. The molecule has 1 aliphatic heterocycles. The third kappa shape index (κ3) is 4.91. The van der Waals surface area contributed by atoms with Gasteiger partial charge in [0.1, 0.15) is 12.2 Å². The van der Waals surface area contributed by atoms with Crippen LogP contribution in [0.5, 0.6) is 0 Å². The number of benzene rings is 1. The van der Waals surface area contributed by atoms with Crippen LogP contribution in [-0.2, 0) is 30.4 Å². The molecule has 2 unspecified atom stereocenters. The smallest absolute Gasteiger partial charge is 0.264 e. The van der Waals surface area contributed by atoms with Gasteiger partial charge in [-0.15, -0.1) is 0 Å². The van der Waals surface area contributed by atoms with Gasteiger partial charge >= 0.3 is 0 Å². The van der Waals surface area contributed by atoms with Crippen LogP contribution in [0.1, 0.15) is 12.0 Å². The van der Waals surface area contributed by atoms with Crippen molar-refractivity contribution in [2.45, 2.75) is 25.2 Å². The van der Waals surface area contributed by atoms with Crippen LogP contribution in [0.4, 0.5) is 0 Å². The Morgan fingerprint density at radius 3 is 2.74 bits per heavy atom. The first-order valence-corrected chi connectivity index (χ1v) is 7.98. The molecule has 0 aromatic heterocycles. The second-order valence-corrected chi connectivity index (χ2v) is 6.14. The van der Waals surface area contributed by atoms with Crippen molar-refractivity contribution in [3.63, 3.8) is 0 Å². The standard InChI is InChI=1S/C13H18O5S/c1-19(14,15)18-12-7-8-17-13(12)10-16-9-11-5-3-2-4-6-11/h2-6,12-13H,7-10H2,1H3. The minimum Gasteiger partial charge on any atom is -0.374 e. The van der Waals surface area contributed by atoms with Crippen molar-refractivity contribution in [2.24, 2.45) is 0 Å². The minimum atomic E-state index is -3.45. The van der Waals surface area contributed by atoms with Crippen LogP contribution in [0, 0.1) is 0 Å². The van der Waals surface area contributed by atoms with E-state index in [1.165, 1.54) is 0 Å². The third-order valence-corrected chi connectivity index (χ3v) is 3.44. The van der Waals surface area contributed by atoms with Crippen molar-refractivity contribution >= 4 is 10.1 Å². The molecule has 106 valence electrons. The van der Waals surface area contributed by atoms with E-state index in [2.05, 4.69) is 0 Å². The predicted octanol–water partition coefficient (Wildman–Crippen LogP) is 1.34. The summed E-state index contributed by atoms with van der Waals surface area (Å²) < 4.78 is 38.2. The van der Waals surface area contributed by atoms with Crippen molar-refractivity contribution in [1.82, 2.24) is 0 Å². The van der Waals surface area contributed by atoms with Crippen LogP contribution in [0.25, 0.3) is 0 Å². The minimum absolute atomic E-state index is 0.321. The quantitative estimate of drug-likeness (QED) is 0.738. The largest absolute Gasteiger partial charge is 0.374 e. The molecule has 1 aromatic rings. The van der Waals surface area contributed by atoms with Crippen LogP contribution in [-0.4, -0.2) is 40.1 Å². The van der Waals surface area contributed by atoms with Crippen LogP contribution in [0.2, 0.25) is 0 Å². The Labute approximate surface area is 113 Å². The van der Waals surface area contributed by atoms with Crippen molar-refractivity contribution in [1.29, 1.82) is 0 Å². The van der Waals surface area contributed by atoms with E-state index in [0.29, 0.717) is 26.2 Å². The van der Waals surface area contributed by atoms with E-state index >= 15 is 0 Å². The van der Waals surface area contributed by atoms with Gasteiger partial charge in [-0.1, -0.05) is 30.3 Å². The van der Waals surface area contributed by atoms with Crippen LogP contribution < -0.4 is 0 Å². The predicted molar refractivity (Wildman–Crippen MR) is 70.2 cm³/mol. The van der Waals surface area contributed by atoms with Gasteiger partial charge in [0.25, 0.3) is 10.1 Å². The summed E-state index contributed by atoms with van der Waals surface area (Å²) in [5, 5.41) is 0. The van der Waals surface area contributed by atoms with Gasteiger partial charge in [0.15, 0.2) is 0 Å². The van der Waals surface area contributed by atoms with Crippen LogP contribution >= 0.6 is 0 Å². The lowest BCUT2D eigenvalue weighted by Gasteiger charge is -2.17. The van der Waals surface area contributed by atoms with Crippen molar-refractivity contribution in [3.8, 4) is 0 Å². The molecule has 0 amide bonds. The highest BCUT2D eigenvalue weighted by atomic mass is 32.2. The maximum absolute atomic E-state index is 11.1. The molecule has 0 saturated carbocycles. The molecule has 6 heteroatoms. The topological polar surface area (TPSA) is 61.8 Å². The van der Waals surface area contributed by atoms with E-state index in [9.17, 15) is 8.42 Å². The fourth-order valence-electron chi connectivity index (χ4n) is 1.99. The summed E-state index contributed by atoms with van der Waals surface area (Å²) in [6.07, 6.45) is 0.865. The lowest BCUT2D eigenvalue weighted by Crippen LogP contribution is -2.30. The second-order valence-electron chi connectivity index (χ2n) is 4.54. The van der Waals surface area contributed by atoms with Gasteiger partial charge in [0.2, 0.25) is 0 Å². The molecule has 0 spiro atoms. The van der Waals surface area contributed by atoms with E-state index in [-0.39, 0.29) is 6.10 Å². The molecule has 1 fully saturated rings. The van der Waals surface area contributed by atoms with Gasteiger partial charge in [-0.25, -0.2) is 0 Å². The summed E-state index contributed by atoms with van der Waals surface area (Å²) in [5.74, 6) is 0. The van der Waals surface area contributed by atoms with E-state index in [1.54, 1.807) is 0 Å². The molecular weight excluding hydrogens is 268 g/mol. The fourth-order valence-corrected chi connectivity index (χ4v) is 2.66. The molecule has 2 rings (SSSR count). The number of hydrogen-bond acceptors (Lipinski definition) is 5. The average Bonchev–Trinajstić information content (AvgIpc) is 2.76. The van der Waals surface area contributed by atoms with Crippen molar-refractivity contribution in [3.05, 3.63) is 35.9 Å². The Balaban J connectivity index is 1.79. The Morgan fingerprint density at radius 1 is 1.32 bits per heavy atom. The Kier molecular flexibility index (Phi) is 4.93. The van der Waals surface area contributed by atoms with E-state index in [0.717, 1.165) is 11.8 Å². The maximum Gasteiger partial charge on any atom is 0.264 e. The zero-order valence-electron chi connectivity index (χ0n) is 10.8. The van der Waals surface area contributed by atoms with Gasteiger partial charge < -0.3 is 9.47 Å². The number of rotatable bonds is 6. The van der Waals surface area contributed by atoms with E-state index in [4.69, 9.17) is 13.7 Å². The molecule has 0 aliphatic carbocycles. The second kappa shape index (κ2) is 6.47. The molecule has 1 heterocycles. The third-order valence-electron chi connectivity index (χ3n) is 2.84. The summed E-state index contributed by atoms with van der Waals surface area (Å²) in [5.41, 5.74) is 1.07. The Bertz CT molecular complexity index is 485. The van der Waals surface area contributed by atoms with E-state index in [1.807, 2.05) is 30.3 Å². The van der Waals surface area contributed by atoms with Gasteiger partial charge in [0, 0.05) is 13.0 Å². The van der Waals surface area contributed by atoms with Gasteiger partial charge in [-0.2, -0.15) is 8.42 Å². The van der Waals surface area contributed by atoms with Gasteiger partial charge in [0.05, 0.1) is 19.5 Å². The Morgan fingerprint density at radius 2 is 2.05 bits per heavy atom. The average molecular weight is 286 g/mol. The zero-order valence-corrected chi connectivity index (χ0v) is 11.6. The molecule has 19 heavy (non-hydrogen) atoms. The number of hydrogen-bond donors (Lipinski definition) is 0. The first-order valence-electron chi connectivity index (χ1n) is 6.16.